The number of carboxylic acids is 1. The van der Waals surface area contributed by atoms with Gasteiger partial charge in [-0.25, -0.2) is 0 Å². The molecule has 0 atom stereocenters. The number of halogens is 1. The average Bonchev–Trinajstić information content (AvgIpc) is 2.81. The lowest BCUT2D eigenvalue weighted by Crippen LogP contribution is -2.32. The van der Waals surface area contributed by atoms with Gasteiger partial charge in [0.2, 0.25) is 0 Å². The molecule has 0 unspecified atom stereocenters. The Morgan fingerprint density at radius 2 is 2.05 bits per heavy atom. The predicted octanol–water partition coefficient (Wildman–Crippen LogP) is 3.05. The van der Waals surface area contributed by atoms with Crippen LogP contribution >= 0.6 is 11.6 Å². The Balaban J connectivity index is 2.01. The number of carboxylic acid groups (broad SMARTS) is 1. The van der Waals surface area contributed by atoms with E-state index in [4.69, 9.17) is 16.7 Å². The third kappa shape index (κ3) is 3.55. The van der Waals surface area contributed by atoms with Crippen LogP contribution in [0.1, 0.15) is 30.8 Å². The van der Waals surface area contributed by atoms with Crippen LogP contribution in [0.15, 0.2) is 24.3 Å². The Morgan fingerprint density at radius 3 is 2.71 bits per heavy atom. The molecule has 21 heavy (non-hydrogen) atoms. The van der Waals surface area contributed by atoms with E-state index >= 15 is 0 Å². The molecule has 0 saturated carbocycles. The molecule has 0 radical (unpaired) electrons. The molecule has 0 aliphatic carbocycles. The van der Waals surface area contributed by atoms with Gasteiger partial charge in [-0.05, 0) is 38.5 Å². The molecule has 6 heteroatoms. The third-order valence-corrected chi connectivity index (χ3v) is 3.68. The molecule has 0 spiro atoms. The molecule has 1 aromatic carbocycles. The lowest BCUT2D eigenvalue weighted by Gasteiger charge is -2.18. The number of carbonyl (C=O) groups is 2. The van der Waals surface area contributed by atoms with Crippen LogP contribution in [0.2, 0.25) is 5.02 Å². The molecular weight excluding hydrogens is 292 g/mol. The number of aromatic amines is 1. The van der Waals surface area contributed by atoms with E-state index in [0.29, 0.717) is 23.7 Å². The monoisotopic (exact) mass is 308 g/mol. The summed E-state index contributed by atoms with van der Waals surface area (Å²) < 4.78 is 0. The molecule has 2 rings (SSSR count). The van der Waals surface area contributed by atoms with Crippen molar-refractivity contribution in [1.29, 1.82) is 0 Å². The number of hydrogen-bond acceptors (Lipinski definition) is 2. The number of amides is 1. The second kappa shape index (κ2) is 5.77. The van der Waals surface area contributed by atoms with E-state index in [2.05, 4.69) is 10.3 Å². The smallest absolute Gasteiger partial charge is 0.309 e. The number of aromatic nitrogens is 1. The Labute approximate surface area is 127 Å². The largest absolute Gasteiger partial charge is 0.481 e. The summed E-state index contributed by atoms with van der Waals surface area (Å²) in [5.41, 5.74) is 0.361. The van der Waals surface area contributed by atoms with E-state index in [1.807, 2.05) is 6.07 Å². The summed E-state index contributed by atoms with van der Waals surface area (Å²) in [7, 11) is 0. The van der Waals surface area contributed by atoms with Gasteiger partial charge in [-0.1, -0.05) is 17.7 Å². The molecule has 0 aliphatic heterocycles. The highest BCUT2D eigenvalue weighted by molar-refractivity contribution is 6.31. The van der Waals surface area contributed by atoms with E-state index in [1.54, 1.807) is 32.0 Å². The highest BCUT2D eigenvalue weighted by Crippen LogP contribution is 2.21. The van der Waals surface area contributed by atoms with Crippen molar-refractivity contribution in [3.63, 3.8) is 0 Å². The van der Waals surface area contributed by atoms with Crippen molar-refractivity contribution in [2.45, 2.75) is 20.3 Å². The third-order valence-electron chi connectivity index (χ3n) is 3.44. The zero-order chi connectivity index (χ0) is 15.6. The number of fused-ring (bicyclic) bond motifs is 1. The standard InChI is InChI=1S/C15H17ClN2O3/c1-15(2,14(20)21)5-6-17-13(19)12-7-9-3-4-10(16)8-11(9)18-12/h3-4,7-8,18H,5-6H2,1-2H3,(H,17,19)(H,20,21). The van der Waals surface area contributed by atoms with Crippen molar-refractivity contribution < 1.29 is 14.7 Å². The minimum Gasteiger partial charge on any atom is -0.481 e. The molecular formula is C15H17ClN2O3. The fraction of sp³-hybridized carbons (Fsp3) is 0.333. The van der Waals surface area contributed by atoms with Gasteiger partial charge >= 0.3 is 5.97 Å². The topological polar surface area (TPSA) is 82.2 Å². The van der Waals surface area contributed by atoms with Crippen LogP contribution in [0.3, 0.4) is 0 Å². The van der Waals surface area contributed by atoms with Gasteiger partial charge in [-0.3, -0.25) is 9.59 Å². The Hall–Kier alpha value is -2.01. The highest BCUT2D eigenvalue weighted by atomic mass is 35.5. The minimum atomic E-state index is -0.878. The minimum absolute atomic E-state index is 0.261. The Morgan fingerprint density at radius 1 is 1.33 bits per heavy atom. The first-order chi connectivity index (χ1) is 9.79. The first kappa shape index (κ1) is 15.4. The van der Waals surface area contributed by atoms with Gasteiger partial charge in [-0.15, -0.1) is 0 Å². The van der Waals surface area contributed by atoms with Crippen molar-refractivity contribution in [3.8, 4) is 0 Å². The lowest BCUT2D eigenvalue weighted by molar-refractivity contribution is -0.147. The number of hydrogen-bond donors (Lipinski definition) is 3. The second-order valence-electron chi connectivity index (χ2n) is 5.61. The van der Waals surface area contributed by atoms with Crippen molar-refractivity contribution in [2.24, 2.45) is 5.41 Å². The Kier molecular flexibility index (Phi) is 4.23. The quantitative estimate of drug-likeness (QED) is 0.794. The van der Waals surface area contributed by atoms with E-state index in [-0.39, 0.29) is 5.91 Å². The van der Waals surface area contributed by atoms with Crippen molar-refractivity contribution in [3.05, 3.63) is 35.0 Å². The number of rotatable bonds is 5. The van der Waals surface area contributed by atoms with E-state index < -0.39 is 11.4 Å². The number of nitrogens with one attached hydrogen (secondary N) is 2. The summed E-state index contributed by atoms with van der Waals surface area (Å²) in [6.07, 6.45) is 0.361. The van der Waals surface area contributed by atoms with Gasteiger partial charge in [0.15, 0.2) is 0 Å². The lowest BCUT2D eigenvalue weighted by atomic mass is 9.90. The SMILES string of the molecule is CC(C)(CCNC(=O)c1cc2ccc(Cl)cc2[nH]1)C(=O)O. The van der Waals surface area contributed by atoms with E-state index in [0.717, 1.165) is 10.9 Å². The Bertz CT molecular complexity index is 691. The molecule has 0 saturated heterocycles. The number of benzene rings is 1. The van der Waals surface area contributed by atoms with Crippen LogP contribution in [-0.4, -0.2) is 28.5 Å². The summed E-state index contributed by atoms with van der Waals surface area (Å²) in [6.45, 7) is 3.56. The van der Waals surface area contributed by atoms with Gasteiger partial charge in [-0.2, -0.15) is 0 Å². The van der Waals surface area contributed by atoms with Crippen LogP contribution < -0.4 is 5.32 Å². The van der Waals surface area contributed by atoms with Gasteiger partial charge in [0.1, 0.15) is 5.69 Å². The fourth-order valence-corrected chi connectivity index (χ4v) is 2.08. The first-order valence-corrected chi connectivity index (χ1v) is 6.97. The first-order valence-electron chi connectivity index (χ1n) is 6.59. The molecule has 1 amide bonds. The second-order valence-corrected chi connectivity index (χ2v) is 6.05. The van der Waals surface area contributed by atoms with E-state index in [9.17, 15) is 9.59 Å². The summed E-state index contributed by atoms with van der Waals surface area (Å²) in [6, 6.07) is 7.08. The number of aliphatic carboxylic acids is 1. The van der Waals surface area contributed by atoms with Gasteiger partial charge in [0.25, 0.3) is 5.91 Å². The normalized spacial score (nSPS) is 11.6. The molecule has 1 heterocycles. The van der Waals surface area contributed by atoms with Gasteiger partial charge in [0.05, 0.1) is 5.41 Å². The number of H-pyrrole nitrogens is 1. The maximum Gasteiger partial charge on any atom is 0.309 e. The molecule has 1 aromatic heterocycles. The summed E-state index contributed by atoms with van der Waals surface area (Å²) in [4.78, 5) is 26.0. The maximum absolute atomic E-state index is 12.0. The van der Waals surface area contributed by atoms with Crippen LogP contribution in [0.5, 0.6) is 0 Å². The fourth-order valence-electron chi connectivity index (χ4n) is 1.91. The summed E-state index contributed by atoms with van der Waals surface area (Å²) in [5.74, 6) is -1.14. The van der Waals surface area contributed by atoms with Gasteiger partial charge < -0.3 is 15.4 Å². The van der Waals surface area contributed by atoms with Crippen LogP contribution in [0.4, 0.5) is 0 Å². The van der Waals surface area contributed by atoms with Crippen LogP contribution in [-0.2, 0) is 4.79 Å². The zero-order valence-electron chi connectivity index (χ0n) is 11.9. The van der Waals surface area contributed by atoms with Crippen molar-refractivity contribution in [1.82, 2.24) is 10.3 Å². The zero-order valence-corrected chi connectivity index (χ0v) is 12.6. The molecule has 112 valence electrons. The predicted molar refractivity (Wildman–Crippen MR) is 81.7 cm³/mol. The maximum atomic E-state index is 12.0. The summed E-state index contributed by atoms with van der Waals surface area (Å²) in [5, 5.41) is 13.2. The van der Waals surface area contributed by atoms with Crippen LogP contribution in [0, 0.1) is 5.41 Å². The molecule has 0 fully saturated rings. The van der Waals surface area contributed by atoms with Gasteiger partial charge in [0, 0.05) is 22.5 Å². The number of carbonyl (C=O) groups excluding carboxylic acids is 1. The van der Waals surface area contributed by atoms with Crippen molar-refractivity contribution >= 4 is 34.4 Å². The highest BCUT2D eigenvalue weighted by Gasteiger charge is 2.26. The van der Waals surface area contributed by atoms with E-state index in [1.165, 1.54) is 0 Å². The molecule has 3 N–H and O–H groups in total. The van der Waals surface area contributed by atoms with Crippen LogP contribution in [0.25, 0.3) is 10.9 Å². The molecule has 5 nitrogen and oxygen atoms in total. The van der Waals surface area contributed by atoms with Crippen molar-refractivity contribution in [2.75, 3.05) is 6.54 Å². The molecule has 0 bridgehead atoms. The average molecular weight is 309 g/mol. The molecule has 2 aromatic rings. The summed E-state index contributed by atoms with van der Waals surface area (Å²) >= 11 is 5.89. The molecule has 0 aliphatic rings.